The standard InChI is InChI=1S/C16H16ClNO/c1-2-3-9-19-11-7-8-12-13-5-4-6-14(17)16(13)18-15(12)10-11/h4-8,10,18H,2-3,9H2,1H3. The summed E-state index contributed by atoms with van der Waals surface area (Å²) in [5.74, 6) is 0.906. The van der Waals surface area contributed by atoms with Gasteiger partial charge in [0.05, 0.1) is 22.7 Å². The van der Waals surface area contributed by atoms with Crippen molar-refractivity contribution in [3.8, 4) is 5.75 Å². The predicted molar refractivity (Wildman–Crippen MR) is 81.2 cm³/mol. The molecule has 0 fully saturated rings. The molecule has 2 nitrogen and oxygen atoms in total. The number of halogens is 1. The van der Waals surface area contributed by atoms with Crippen LogP contribution in [0.15, 0.2) is 36.4 Å². The summed E-state index contributed by atoms with van der Waals surface area (Å²) in [7, 11) is 0. The molecule has 0 amide bonds. The fourth-order valence-electron chi connectivity index (χ4n) is 2.30. The van der Waals surface area contributed by atoms with Crippen molar-refractivity contribution >= 4 is 33.4 Å². The summed E-state index contributed by atoms with van der Waals surface area (Å²) in [4.78, 5) is 3.37. The highest BCUT2D eigenvalue weighted by molar-refractivity contribution is 6.36. The van der Waals surface area contributed by atoms with Crippen LogP contribution < -0.4 is 4.74 Å². The zero-order chi connectivity index (χ0) is 13.2. The van der Waals surface area contributed by atoms with Crippen LogP contribution in [0.4, 0.5) is 0 Å². The number of para-hydroxylation sites is 1. The second-order valence-electron chi connectivity index (χ2n) is 4.70. The smallest absolute Gasteiger partial charge is 0.121 e. The average molecular weight is 274 g/mol. The van der Waals surface area contributed by atoms with Crippen LogP contribution in [0.3, 0.4) is 0 Å². The first-order valence-electron chi connectivity index (χ1n) is 6.62. The Bertz CT molecular complexity index is 717. The quantitative estimate of drug-likeness (QED) is 0.653. The van der Waals surface area contributed by atoms with Gasteiger partial charge in [0.1, 0.15) is 5.75 Å². The van der Waals surface area contributed by atoms with Crippen LogP contribution in [0.1, 0.15) is 19.8 Å². The lowest BCUT2D eigenvalue weighted by Gasteiger charge is -2.04. The van der Waals surface area contributed by atoms with Gasteiger partial charge in [0.25, 0.3) is 0 Å². The molecule has 3 aromatic rings. The molecular weight excluding hydrogens is 258 g/mol. The molecule has 2 aromatic carbocycles. The van der Waals surface area contributed by atoms with Gasteiger partial charge in [0, 0.05) is 16.8 Å². The Kier molecular flexibility index (Phi) is 3.34. The van der Waals surface area contributed by atoms with E-state index < -0.39 is 0 Å². The molecule has 98 valence electrons. The second kappa shape index (κ2) is 5.14. The lowest BCUT2D eigenvalue weighted by Crippen LogP contribution is -1.95. The maximum Gasteiger partial charge on any atom is 0.121 e. The predicted octanol–water partition coefficient (Wildman–Crippen LogP) is 5.15. The molecule has 0 unspecified atom stereocenters. The van der Waals surface area contributed by atoms with Crippen LogP contribution in [0.5, 0.6) is 5.75 Å². The average Bonchev–Trinajstić information content (AvgIpc) is 2.79. The lowest BCUT2D eigenvalue weighted by molar-refractivity contribution is 0.310. The van der Waals surface area contributed by atoms with Gasteiger partial charge in [-0.05, 0) is 24.6 Å². The lowest BCUT2D eigenvalue weighted by atomic mass is 10.1. The van der Waals surface area contributed by atoms with Crippen LogP contribution in [0.2, 0.25) is 5.02 Å². The highest BCUT2D eigenvalue weighted by Gasteiger charge is 2.07. The van der Waals surface area contributed by atoms with Crippen LogP contribution >= 0.6 is 11.6 Å². The van der Waals surface area contributed by atoms with Crippen molar-refractivity contribution < 1.29 is 4.74 Å². The Hall–Kier alpha value is -1.67. The minimum Gasteiger partial charge on any atom is -0.494 e. The van der Waals surface area contributed by atoms with Crippen molar-refractivity contribution in [1.82, 2.24) is 4.98 Å². The molecule has 0 spiro atoms. The van der Waals surface area contributed by atoms with E-state index in [4.69, 9.17) is 16.3 Å². The fraction of sp³-hybridized carbons (Fsp3) is 0.250. The van der Waals surface area contributed by atoms with E-state index in [1.807, 2.05) is 24.3 Å². The van der Waals surface area contributed by atoms with Crippen molar-refractivity contribution in [3.05, 3.63) is 41.4 Å². The van der Waals surface area contributed by atoms with Gasteiger partial charge >= 0.3 is 0 Å². The van der Waals surface area contributed by atoms with Crippen molar-refractivity contribution in [2.45, 2.75) is 19.8 Å². The first-order valence-corrected chi connectivity index (χ1v) is 7.00. The molecule has 0 aliphatic rings. The van der Waals surface area contributed by atoms with Crippen molar-refractivity contribution in [1.29, 1.82) is 0 Å². The number of benzene rings is 2. The third kappa shape index (κ3) is 2.28. The summed E-state index contributed by atoms with van der Waals surface area (Å²) in [6.07, 6.45) is 2.22. The highest BCUT2D eigenvalue weighted by atomic mass is 35.5. The molecule has 0 radical (unpaired) electrons. The molecule has 0 aliphatic carbocycles. The largest absolute Gasteiger partial charge is 0.494 e. The van der Waals surface area contributed by atoms with E-state index in [-0.39, 0.29) is 0 Å². The van der Waals surface area contributed by atoms with E-state index in [1.54, 1.807) is 0 Å². The number of aromatic amines is 1. The third-order valence-electron chi connectivity index (χ3n) is 3.32. The normalized spacial score (nSPS) is 11.3. The zero-order valence-electron chi connectivity index (χ0n) is 10.9. The van der Waals surface area contributed by atoms with Gasteiger partial charge in [-0.25, -0.2) is 0 Å². The summed E-state index contributed by atoms with van der Waals surface area (Å²) in [5, 5.41) is 3.09. The summed E-state index contributed by atoms with van der Waals surface area (Å²) in [5.41, 5.74) is 2.06. The van der Waals surface area contributed by atoms with Crippen LogP contribution in [0, 0.1) is 0 Å². The number of rotatable bonds is 4. The summed E-state index contributed by atoms with van der Waals surface area (Å²) >= 11 is 6.21. The first-order chi connectivity index (χ1) is 9.29. The number of hydrogen-bond acceptors (Lipinski definition) is 1. The molecule has 0 atom stereocenters. The fourth-order valence-corrected chi connectivity index (χ4v) is 2.52. The Labute approximate surface area is 117 Å². The number of ether oxygens (including phenoxy) is 1. The monoisotopic (exact) mass is 273 g/mol. The summed E-state index contributed by atoms with van der Waals surface area (Å²) < 4.78 is 5.73. The molecule has 1 aromatic heterocycles. The van der Waals surface area contributed by atoms with Gasteiger partial charge in [0.2, 0.25) is 0 Å². The Morgan fingerprint density at radius 2 is 2.05 bits per heavy atom. The Morgan fingerprint density at radius 1 is 1.16 bits per heavy atom. The third-order valence-corrected chi connectivity index (χ3v) is 3.64. The molecule has 0 bridgehead atoms. The SMILES string of the molecule is CCCCOc1ccc2c(c1)[nH]c1c(Cl)cccc12. The maximum atomic E-state index is 6.21. The highest BCUT2D eigenvalue weighted by Crippen LogP contribution is 2.31. The van der Waals surface area contributed by atoms with Crippen LogP contribution in [0.25, 0.3) is 21.8 Å². The van der Waals surface area contributed by atoms with Crippen molar-refractivity contribution in [2.24, 2.45) is 0 Å². The second-order valence-corrected chi connectivity index (χ2v) is 5.10. The van der Waals surface area contributed by atoms with E-state index in [0.29, 0.717) is 0 Å². The molecule has 0 aliphatic heterocycles. The molecule has 0 saturated heterocycles. The Balaban J connectivity index is 2.04. The van der Waals surface area contributed by atoms with E-state index in [1.165, 1.54) is 5.39 Å². The number of H-pyrrole nitrogens is 1. The van der Waals surface area contributed by atoms with Crippen molar-refractivity contribution in [3.63, 3.8) is 0 Å². The number of fused-ring (bicyclic) bond motifs is 3. The van der Waals surface area contributed by atoms with E-state index in [2.05, 4.69) is 24.0 Å². The van der Waals surface area contributed by atoms with Gasteiger partial charge in [-0.1, -0.05) is 37.1 Å². The summed E-state index contributed by atoms with van der Waals surface area (Å²) in [6.45, 7) is 2.93. The minimum absolute atomic E-state index is 0.752. The zero-order valence-corrected chi connectivity index (χ0v) is 11.6. The van der Waals surface area contributed by atoms with Crippen LogP contribution in [-0.4, -0.2) is 11.6 Å². The topological polar surface area (TPSA) is 25.0 Å². The van der Waals surface area contributed by atoms with E-state index in [9.17, 15) is 0 Å². The van der Waals surface area contributed by atoms with Crippen LogP contribution in [-0.2, 0) is 0 Å². The molecule has 1 N–H and O–H groups in total. The number of unbranched alkanes of at least 4 members (excludes halogenated alkanes) is 1. The molecule has 19 heavy (non-hydrogen) atoms. The number of nitrogens with one attached hydrogen (secondary N) is 1. The molecule has 3 heteroatoms. The van der Waals surface area contributed by atoms with E-state index in [0.717, 1.165) is 46.6 Å². The van der Waals surface area contributed by atoms with Gasteiger partial charge in [-0.3, -0.25) is 0 Å². The first kappa shape index (κ1) is 12.4. The molecule has 0 saturated carbocycles. The summed E-state index contributed by atoms with van der Waals surface area (Å²) in [6, 6.07) is 12.1. The van der Waals surface area contributed by atoms with Gasteiger partial charge in [0.15, 0.2) is 0 Å². The Morgan fingerprint density at radius 3 is 2.89 bits per heavy atom. The van der Waals surface area contributed by atoms with Crippen molar-refractivity contribution in [2.75, 3.05) is 6.61 Å². The number of aromatic nitrogens is 1. The maximum absolute atomic E-state index is 6.21. The molecular formula is C16H16ClNO. The molecule has 1 heterocycles. The minimum atomic E-state index is 0.752. The van der Waals surface area contributed by atoms with Gasteiger partial charge in [-0.15, -0.1) is 0 Å². The number of hydrogen-bond donors (Lipinski definition) is 1. The molecule has 3 rings (SSSR count). The van der Waals surface area contributed by atoms with Gasteiger partial charge in [-0.2, -0.15) is 0 Å². The van der Waals surface area contributed by atoms with Gasteiger partial charge < -0.3 is 9.72 Å². The van der Waals surface area contributed by atoms with E-state index >= 15 is 0 Å².